The largest absolute Gasteiger partial charge is 0.454 e. The Morgan fingerprint density at radius 1 is 0.844 bits per heavy atom. The van der Waals surface area contributed by atoms with E-state index in [1.165, 1.54) is 12.1 Å². The highest BCUT2D eigenvalue weighted by atomic mass is 19.3. The van der Waals surface area contributed by atoms with Crippen LogP contribution in [0.2, 0.25) is 0 Å². The van der Waals surface area contributed by atoms with Crippen molar-refractivity contribution in [3.8, 4) is 17.2 Å². The molecule has 1 radical (unpaired) electrons. The highest BCUT2D eigenvalue weighted by molar-refractivity contribution is 5.38. The van der Waals surface area contributed by atoms with Gasteiger partial charge >= 0.3 is 6.11 Å². The number of alkyl halides is 2. The Bertz CT molecular complexity index is 1020. The molecule has 32 heavy (non-hydrogen) atoms. The van der Waals surface area contributed by atoms with E-state index in [0.29, 0.717) is 6.07 Å². The second kappa shape index (κ2) is 10.5. The Balaban J connectivity index is 1.79. The lowest BCUT2D eigenvalue weighted by Crippen LogP contribution is -2.25. The lowest BCUT2D eigenvalue weighted by molar-refractivity contribution is -0.189. The highest BCUT2D eigenvalue weighted by Crippen LogP contribution is 2.38. The van der Waals surface area contributed by atoms with Gasteiger partial charge in [0.1, 0.15) is 22.9 Å². The van der Waals surface area contributed by atoms with Crippen LogP contribution >= 0.6 is 0 Å². The van der Waals surface area contributed by atoms with Gasteiger partial charge in [0.05, 0.1) is 0 Å². The van der Waals surface area contributed by atoms with Gasteiger partial charge in [-0.2, -0.15) is 8.78 Å². The standard InChI is InChI=1S/C26H25F4O2/c1-3-5-6-7-19-10-14-21(15-11-19)32-26(29,30)24-22(27)16-17-23(25(24)28)31-20-12-8-18(4-2)9-13-20/h8-16H,3-7H2,1-2H3. The predicted molar refractivity (Wildman–Crippen MR) is 115 cm³/mol. The molecule has 0 aliphatic rings. The summed E-state index contributed by atoms with van der Waals surface area (Å²) in [5, 5.41) is 0. The molecule has 0 aromatic heterocycles. The molecule has 3 aromatic carbocycles. The number of aryl methyl sites for hydroxylation is 2. The van der Waals surface area contributed by atoms with Crippen molar-refractivity contribution in [2.45, 2.75) is 52.1 Å². The zero-order valence-corrected chi connectivity index (χ0v) is 18.1. The van der Waals surface area contributed by atoms with Crippen LogP contribution in [0, 0.1) is 17.7 Å². The van der Waals surface area contributed by atoms with Crippen LogP contribution in [0.25, 0.3) is 0 Å². The van der Waals surface area contributed by atoms with E-state index in [1.807, 2.05) is 6.92 Å². The minimum absolute atomic E-state index is 0.196. The highest BCUT2D eigenvalue weighted by Gasteiger charge is 2.42. The van der Waals surface area contributed by atoms with Gasteiger partial charge in [-0.3, -0.25) is 0 Å². The predicted octanol–water partition coefficient (Wildman–Crippen LogP) is 7.98. The summed E-state index contributed by atoms with van der Waals surface area (Å²) in [7, 11) is 0. The summed E-state index contributed by atoms with van der Waals surface area (Å²) in [5.74, 6) is -3.65. The molecule has 0 saturated carbocycles. The molecule has 6 heteroatoms. The lowest BCUT2D eigenvalue weighted by atomic mass is 10.1. The van der Waals surface area contributed by atoms with E-state index in [1.54, 1.807) is 36.4 Å². The van der Waals surface area contributed by atoms with Gasteiger partial charge in [0.25, 0.3) is 0 Å². The van der Waals surface area contributed by atoms with E-state index in [2.05, 4.69) is 17.7 Å². The van der Waals surface area contributed by atoms with Gasteiger partial charge in [-0.15, -0.1) is 0 Å². The molecule has 0 aliphatic heterocycles. The van der Waals surface area contributed by atoms with E-state index < -0.39 is 29.1 Å². The molecule has 0 N–H and O–H groups in total. The molecule has 0 fully saturated rings. The van der Waals surface area contributed by atoms with E-state index in [-0.39, 0.29) is 11.5 Å². The van der Waals surface area contributed by atoms with Crippen LogP contribution in [0.4, 0.5) is 17.6 Å². The normalized spacial score (nSPS) is 11.4. The second-order valence-corrected chi connectivity index (χ2v) is 7.47. The number of hydrogen-bond acceptors (Lipinski definition) is 2. The first-order valence-electron chi connectivity index (χ1n) is 10.7. The van der Waals surface area contributed by atoms with Gasteiger partial charge in [-0.25, -0.2) is 8.78 Å². The minimum Gasteiger partial charge on any atom is -0.454 e. The van der Waals surface area contributed by atoms with Crippen LogP contribution in [0.15, 0.2) is 54.6 Å². The van der Waals surface area contributed by atoms with Crippen LogP contribution < -0.4 is 9.47 Å². The van der Waals surface area contributed by atoms with E-state index in [0.717, 1.165) is 43.2 Å². The SMILES string of the molecule is CCCCCc1ccc(OC(F)(F)c2c(F)c[c]c(Oc3ccc(CC)cc3)c2F)cc1. The molecule has 0 spiro atoms. The molecule has 0 aliphatic carbocycles. The third kappa shape index (κ3) is 5.81. The molecule has 0 heterocycles. The number of benzene rings is 3. The molecule has 0 unspecified atom stereocenters. The van der Waals surface area contributed by atoms with Crippen molar-refractivity contribution >= 4 is 0 Å². The van der Waals surface area contributed by atoms with Crippen LogP contribution in [0.5, 0.6) is 17.2 Å². The van der Waals surface area contributed by atoms with Crippen molar-refractivity contribution in [3.05, 3.63) is 89.0 Å². The van der Waals surface area contributed by atoms with Crippen molar-refractivity contribution in [1.82, 2.24) is 0 Å². The average Bonchev–Trinajstić information content (AvgIpc) is 2.77. The van der Waals surface area contributed by atoms with Crippen LogP contribution in [-0.2, 0) is 19.0 Å². The molecule has 3 aromatic rings. The zero-order chi connectivity index (χ0) is 23.1. The van der Waals surface area contributed by atoms with E-state index in [4.69, 9.17) is 4.74 Å². The molecule has 2 nitrogen and oxygen atoms in total. The first kappa shape index (κ1) is 23.6. The van der Waals surface area contributed by atoms with Crippen LogP contribution in [-0.4, -0.2) is 0 Å². The third-order valence-corrected chi connectivity index (χ3v) is 5.07. The smallest absolute Gasteiger partial charge is 0.432 e. The monoisotopic (exact) mass is 445 g/mol. The second-order valence-electron chi connectivity index (χ2n) is 7.47. The topological polar surface area (TPSA) is 18.5 Å². The van der Waals surface area contributed by atoms with Gasteiger partial charge < -0.3 is 9.47 Å². The molecular weight excluding hydrogens is 420 g/mol. The maximum atomic E-state index is 14.8. The average molecular weight is 445 g/mol. The fourth-order valence-corrected chi connectivity index (χ4v) is 3.24. The zero-order valence-electron chi connectivity index (χ0n) is 18.1. The van der Waals surface area contributed by atoms with E-state index >= 15 is 0 Å². The summed E-state index contributed by atoms with van der Waals surface area (Å²) in [4.78, 5) is 0. The quantitative estimate of drug-likeness (QED) is 0.233. The lowest BCUT2D eigenvalue weighted by Gasteiger charge is -2.20. The summed E-state index contributed by atoms with van der Waals surface area (Å²) in [6.07, 6.45) is 0.514. The third-order valence-electron chi connectivity index (χ3n) is 5.07. The Morgan fingerprint density at radius 3 is 2.09 bits per heavy atom. The summed E-state index contributed by atoms with van der Waals surface area (Å²) < 4.78 is 68.6. The van der Waals surface area contributed by atoms with Gasteiger partial charge in [-0.1, -0.05) is 51.0 Å². The van der Waals surface area contributed by atoms with Crippen molar-refractivity contribution < 1.29 is 27.0 Å². The first-order valence-corrected chi connectivity index (χ1v) is 10.7. The maximum Gasteiger partial charge on any atom is 0.432 e. The van der Waals surface area contributed by atoms with Crippen molar-refractivity contribution in [3.63, 3.8) is 0 Å². The molecule has 169 valence electrons. The Labute approximate surface area is 185 Å². The van der Waals surface area contributed by atoms with Crippen LogP contribution in [0.1, 0.15) is 49.8 Å². The molecule has 0 atom stereocenters. The number of ether oxygens (including phenoxy) is 2. The van der Waals surface area contributed by atoms with Crippen molar-refractivity contribution in [1.29, 1.82) is 0 Å². The Morgan fingerprint density at radius 2 is 1.47 bits per heavy atom. The number of hydrogen-bond donors (Lipinski definition) is 0. The number of halogens is 4. The van der Waals surface area contributed by atoms with Gasteiger partial charge in [0, 0.05) is 6.07 Å². The fraction of sp³-hybridized carbons (Fsp3) is 0.308. The van der Waals surface area contributed by atoms with Crippen molar-refractivity contribution in [2.75, 3.05) is 0 Å². The molecule has 0 bridgehead atoms. The number of unbranched alkanes of at least 4 members (excludes halogenated alkanes) is 2. The van der Waals surface area contributed by atoms with Crippen molar-refractivity contribution in [2.24, 2.45) is 0 Å². The van der Waals surface area contributed by atoms with Gasteiger partial charge in [0.15, 0.2) is 11.6 Å². The van der Waals surface area contributed by atoms with Gasteiger partial charge in [0.2, 0.25) is 0 Å². The molecule has 0 saturated heterocycles. The molecule has 3 rings (SSSR count). The minimum atomic E-state index is -4.25. The summed E-state index contributed by atoms with van der Waals surface area (Å²) in [5.41, 5.74) is 0.479. The summed E-state index contributed by atoms with van der Waals surface area (Å²) in [6, 6.07) is 15.6. The summed E-state index contributed by atoms with van der Waals surface area (Å²) in [6.45, 7) is 4.06. The summed E-state index contributed by atoms with van der Waals surface area (Å²) >= 11 is 0. The first-order chi connectivity index (χ1) is 15.3. The Hall–Kier alpha value is -3.02. The molecular formula is C26H25F4O2. The number of rotatable bonds is 10. The van der Waals surface area contributed by atoms with Gasteiger partial charge in [-0.05, 0) is 60.7 Å². The van der Waals surface area contributed by atoms with E-state index in [9.17, 15) is 17.6 Å². The maximum absolute atomic E-state index is 14.8. The fourth-order valence-electron chi connectivity index (χ4n) is 3.24. The Kier molecular flexibility index (Phi) is 7.78. The van der Waals surface area contributed by atoms with Crippen LogP contribution in [0.3, 0.4) is 0 Å². The molecule has 0 amide bonds.